The molecule has 0 fully saturated rings. The van der Waals surface area contributed by atoms with Crippen LogP contribution in [0.25, 0.3) is 0 Å². The first-order valence-electron chi connectivity index (χ1n) is 4.59. The van der Waals surface area contributed by atoms with E-state index in [0.29, 0.717) is 22.0 Å². The molecular formula is C10H12Cl2O2S. The Kier molecular flexibility index (Phi) is 4.44. The molecule has 0 radical (unpaired) electrons. The summed E-state index contributed by atoms with van der Waals surface area (Å²) in [5, 5.41) is 0.945. The number of sulfone groups is 1. The fraction of sp³-hybridized carbons (Fsp3) is 0.400. The lowest BCUT2D eigenvalue weighted by Gasteiger charge is -2.05. The van der Waals surface area contributed by atoms with E-state index in [4.69, 9.17) is 23.2 Å². The Morgan fingerprint density at radius 3 is 2.53 bits per heavy atom. The second-order valence-electron chi connectivity index (χ2n) is 3.33. The summed E-state index contributed by atoms with van der Waals surface area (Å²) in [6, 6.07) is 4.84. The highest BCUT2D eigenvalue weighted by atomic mass is 35.5. The van der Waals surface area contributed by atoms with Crippen molar-refractivity contribution in [3.05, 3.63) is 33.8 Å². The smallest absolute Gasteiger partial charge is 0.154 e. The SMILES string of the molecule is CCCS(=O)(=O)Cc1cc(Cl)ccc1Cl. The van der Waals surface area contributed by atoms with Gasteiger partial charge in [-0.3, -0.25) is 0 Å². The van der Waals surface area contributed by atoms with Crippen LogP contribution in [0, 0.1) is 0 Å². The van der Waals surface area contributed by atoms with E-state index in [9.17, 15) is 8.42 Å². The molecule has 0 atom stereocenters. The molecule has 0 aromatic heterocycles. The maximum absolute atomic E-state index is 11.6. The molecule has 0 amide bonds. The molecule has 0 aliphatic rings. The molecule has 0 unspecified atom stereocenters. The van der Waals surface area contributed by atoms with Gasteiger partial charge >= 0.3 is 0 Å². The van der Waals surface area contributed by atoms with E-state index in [1.54, 1.807) is 18.2 Å². The predicted molar refractivity (Wildman–Crippen MR) is 64.2 cm³/mol. The van der Waals surface area contributed by atoms with Gasteiger partial charge in [-0.25, -0.2) is 8.42 Å². The molecule has 0 N–H and O–H groups in total. The lowest BCUT2D eigenvalue weighted by molar-refractivity contribution is 0.594. The lowest BCUT2D eigenvalue weighted by Crippen LogP contribution is -2.08. The molecule has 2 nitrogen and oxygen atoms in total. The Bertz CT molecular complexity index is 441. The molecule has 0 saturated heterocycles. The number of hydrogen-bond acceptors (Lipinski definition) is 2. The third-order valence-electron chi connectivity index (χ3n) is 1.90. The van der Waals surface area contributed by atoms with Crippen molar-refractivity contribution in [3.8, 4) is 0 Å². The van der Waals surface area contributed by atoms with E-state index in [-0.39, 0.29) is 11.5 Å². The molecule has 15 heavy (non-hydrogen) atoms. The van der Waals surface area contributed by atoms with Crippen molar-refractivity contribution in [2.24, 2.45) is 0 Å². The Hall–Kier alpha value is -0.250. The molecular weight excluding hydrogens is 255 g/mol. The Morgan fingerprint density at radius 1 is 1.27 bits per heavy atom. The van der Waals surface area contributed by atoms with Crippen LogP contribution in [0.2, 0.25) is 10.0 Å². The van der Waals surface area contributed by atoms with Crippen molar-refractivity contribution in [2.45, 2.75) is 19.1 Å². The van der Waals surface area contributed by atoms with Crippen molar-refractivity contribution in [3.63, 3.8) is 0 Å². The van der Waals surface area contributed by atoms with Crippen LogP contribution in [-0.2, 0) is 15.6 Å². The summed E-state index contributed by atoms with van der Waals surface area (Å²) in [6.45, 7) is 1.83. The van der Waals surface area contributed by atoms with Gasteiger partial charge < -0.3 is 0 Å². The van der Waals surface area contributed by atoms with Gasteiger partial charge in [0.05, 0.1) is 11.5 Å². The molecule has 0 bridgehead atoms. The average Bonchev–Trinajstić information content (AvgIpc) is 2.10. The molecule has 0 heterocycles. The minimum Gasteiger partial charge on any atom is -0.228 e. The first kappa shape index (κ1) is 12.8. The largest absolute Gasteiger partial charge is 0.228 e. The average molecular weight is 267 g/mol. The van der Waals surface area contributed by atoms with Crippen LogP contribution in [-0.4, -0.2) is 14.2 Å². The highest BCUT2D eigenvalue weighted by Gasteiger charge is 2.13. The monoisotopic (exact) mass is 266 g/mol. The van der Waals surface area contributed by atoms with Gasteiger partial charge in [0.15, 0.2) is 9.84 Å². The quantitative estimate of drug-likeness (QED) is 0.838. The van der Waals surface area contributed by atoms with Gasteiger partial charge in [-0.15, -0.1) is 0 Å². The highest BCUT2D eigenvalue weighted by molar-refractivity contribution is 7.90. The topological polar surface area (TPSA) is 34.1 Å². The molecule has 1 rings (SSSR count). The van der Waals surface area contributed by atoms with Gasteiger partial charge in [0.25, 0.3) is 0 Å². The second-order valence-corrected chi connectivity index (χ2v) is 6.36. The summed E-state index contributed by atoms with van der Waals surface area (Å²) in [5.41, 5.74) is 0.567. The number of benzene rings is 1. The normalized spacial score (nSPS) is 11.7. The van der Waals surface area contributed by atoms with Crippen molar-refractivity contribution < 1.29 is 8.42 Å². The second kappa shape index (κ2) is 5.19. The maximum atomic E-state index is 11.6. The Morgan fingerprint density at radius 2 is 1.93 bits per heavy atom. The molecule has 1 aromatic rings. The van der Waals surface area contributed by atoms with Crippen LogP contribution in [0.1, 0.15) is 18.9 Å². The molecule has 0 aliphatic carbocycles. The molecule has 5 heteroatoms. The molecule has 0 saturated carbocycles. The summed E-state index contributed by atoms with van der Waals surface area (Å²) >= 11 is 11.6. The fourth-order valence-corrected chi connectivity index (χ4v) is 3.21. The van der Waals surface area contributed by atoms with Gasteiger partial charge in [0.2, 0.25) is 0 Å². The van der Waals surface area contributed by atoms with Crippen molar-refractivity contribution in [1.82, 2.24) is 0 Å². The van der Waals surface area contributed by atoms with Crippen molar-refractivity contribution in [2.75, 3.05) is 5.75 Å². The summed E-state index contributed by atoms with van der Waals surface area (Å²) in [5.74, 6) is 0.135. The van der Waals surface area contributed by atoms with E-state index < -0.39 is 9.84 Å². The Balaban J connectivity index is 2.94. The first-order chi connectivity index (χ1) is 6.94. The summed E-state index contributed by atoms with van der Waals surface area (Å²) in [7, 11) is -3.07. The van der Waals surface area contributed by atoms with E-state index in [2.05, 4.69) is 0 Å². The number of halogens is 2. The summed E-state index contributed by atoms with van der Waals surface area (Å²) in [6.07, 6.45) is 0.612. The molecule has 1 aromatic carbocycles. The van der Waals surface area contributed by atoms with E-state index in [1.165, 1.54) is 0 Å². The highest BCUT2D eigenvalue weighted by Crippen LogP contribution is 2.22. The van der Waals surface area contributed by atoms with Gasteiger partial charge in [-0.2, -0.15) is 0 Å². The van der Waals surface area contributed by atoms with Crippen molar-refractivity contribution >= 4 is 33.0 Å². The number of hydrogen-bond donors (Lipinski definition) is 0. The predicted octanol–water partition coefficient (Wildman–Crippen LogP) is 3.32. The Labute approximate surface area is 100 Å². The first-order valence-corrected chi connectivity index (χ1v) is 7.16. The third kappa shape index (κ3) is 4.01. The minimum absolute atomic E-state index is 0.0414. The maximum Gasteiger partial charge on any atom is 0.154 e. The standard InChI is InChI=1S/C10H12Cl2O2S/c1-2-5-15(13,14)7-8-6-9(11)3-4-10(8)12/h3-4,6H,2,5,7H2,1H3. The molecule has 0 aliphatic heterocycles. The summed E-state index contributed by atoms with van der Waals surface area (Å²) in [4.78, 5) is 0. The zero-order valence-corrected chi connectivity index (χ0v) is 10.7. The minimum atomic E-state index is -3.07. The zero-order valence-electron chi connectivity index (χ0n) is 8.33. The van der Waals surface area contributed by atoms with Gasteiger partial charge in [-0.1, -0.05) is 30.1 Å². The van der Waals surface area contributed by atoms with E-state index >= 15 is 0 Å². The van der Waals surface area contributed by atoms with Crippen LogP contribution in [0.4, 0.5) is 0 Å². The molecule has 0 spiro atoms. The van der Waals surface area contributed by atoms with Crippen molar-refractivity contribution in [1.29, 1.82) is 0 Å². The van der Waals surface area contributed by atoms with Crippen LogP contribution < -0.4 is 0 Å². The van der Waals surface area contributed by atoms with Crippen LogP contribution in [0.5, 0.6) is 0 Å². The fourth-order valence-electron chi connectivity index (χ4n) is 1.27. The van der Waals surface area contributed by atoms with E-state index in [0.717, 1.165) is 0 Å². The van der Waals surface area contributed by atoms with Gasteiger partial charge in [-0.05, 0) is 30.2 Å². The van der Waals surface area contributed by atoms with Crippen LogP contribution >= 0.6 is 23.2 Å². The lowest BCUT2D eigenvalue weighted by atomic mass is 10.2. The summed E-state index contributed by atoms with van der Waals surface area (Å²) < 4.78 is 23.1. The number of rotatable bonds is 4. The van der Waals surface area contributed by atoms with E-state index in [1.807, 2.05) is 6.92 Å². The van der Waals surface area contributed by atoms with Gasteiger partial charge in [0, 0.05) is 10.0 Å². The third-order valence-corrected chi connectivity index (χ3v) is 4.28. The van der Waals surface area contributed by atoms with Gasteiger partial charge in [0.1, 0.15) is 0 Å². The molecule has 84 valence electrons. The van der Waals surface area contributed by atoms with Crippen LogP contribution in [0.3, 0.4) is 0 Å². The van der Waals surface area contributed by atoms with Crippen LogP contribution in [0.15, 0.2) is 18.2 Å². The zero-order chi connectivity index (χ0) is 11.5.